The molecule has 0 atom stereocenters. The van der Waals surface area contributed by atoms with Gasteiger partial charge in [-0.25, -0.2) is 0 Å². The molecule has 0 unspecified atom stereocenters. The first-order chi connectivity index (χ1) is 6.00. The van der Waals surface area contributed by atoms with E-state index in [1.165, 1.54) is 7.11 Å². The largest absolute Gasteiger partial charge is 0.503 e. The van der Waals surface area contributed by atoms with Gasteiger partial charge in [-0.05, 0) is 0 Å². The topological polar surface area (TPSA) is 29.5 Å². The Labute approximate surface area is 94.9 Å². The molecule has 0 spiro atoms. The molecule has 0 heterocycles. The number of benzene rings is 1. The van der Waals surface area contributed by atoms with Gasteiger partial charge in [0.05, 0.1) is 17.2 Å². The Morgan fingerprint density at radius 1 is 0.923 bits per heavy atom. The number of hydrogen-bond donors (Lipinski definition) is 1. The predicted octanol–water partition coefficient (Wildman–Crippen LogP) is 4.01. The average molecular weight is 262 g/mol. The molecule has 13 heavy (non-hydrogen) atoms. The first-order valence-electron chi connectivity index (χ1n) is 3.09. The van der Waals surface area contributed by atoms with Crippen LogP contribution in [0.4, 0.5) is 0 Å². The molecule has 0 radical (unpaired) electrons. The van der Waals surface area contributed by atoms with Crippen LogP contribution in [0, 0.1) is 0 Å². The summed E-state index contributed by atoms with van der Waals surface area (Å²) in [7, 11) is 1.33. The van der Waals surface area contributed by atoms with Crippen molar-refractivity contribution in [2.75, 3.05) is 7.11 Å². The molecule has 72 valence electrons. The second-order valence-electron chi connectivity index (χ2n) is 2.14. The molecular weight excluding hydrogens is 258 g/mol. The van der Waals surface area contributed by atoms with Crippen molar-refractivity contribution in [3.63, 3.8) is 0 Å². The molecule has 1 aromatic carbocycles. The number of halogens is 4. The summed E-state index contributed by atoms with van der Waals surface area (Å²) in [5.74, 6) is -0.301. The molecule has 0 saturated heterocycles. The van der Waals surface area contributed by atoms with E-state index in [4.69, 9.17) is 51.1 Å². The Morgan fingerprint density at radius 2 is 1.38 bits per heavy atom. The number of rotatable bonds is 1. The van der Waals surface area contributed by atoms with E-state index >= 15 is 0 Å². The van der Waals surface area contributed by atoms with Gasteiger partial charge in [0, 0.05) is 0 Å². The smallest absolute Gasteiger partial charge is 0.182 e. The number of hydrogen-bond acceptors (Lipinski definition) is 2. The third kappa shape index (κ3) is 1.77. The van der Waals surface area contributed by atoms with Gasteiger partial charge in [0.25, 0.3) is 0 Å². The standard InChI is InChI=1S/C7H4Cl4O2/c1-13-7-5(11)3(9)2(8)4(10)6(7)12/h12H,1H3. The second kappa shape index (κ2) is 4.01. The van der Waals surface area contributed by atoms with Crippen LogP contribution in [-0.4, -0.2) is 12.2 Å². The van der Waals surface area contributed by atoms with E-state index in [2.05, 4.69) is 0 Å². The SMILES string of the molecule is COc1c(O)c(Cl)c(Cl)c(Cl)c1Cl. The van der Waals surface area contributed by atoms with Crippen LogP contribution >= 0.6 is 46.4 Å². The highest BCUT2D eigenvalue weighted by Crippen LogP contribution is 2.49. The van der Waals surface area contributed by atoms with Crippen molar-refractivity contribution in [1.82, 2.24) is 0 Å². The van der Waals surface area contributed by atoms with E-state index in [1.807, 2.05) is 0 Å². The molecule has 1 aromatic rings. The number of methoxy groups -OCH3 is 1. The Morgan fingerprint density at radius 3 is 1.85 bits per heavy atom. The van der Waals surface area contributed by atoms with Gasteiger partial charge in [-0.1, -0.05) is 46.4 Å². The number of aromatic hydroxyl groups is 1. The van der Waals surface area contributed by atoms with Gasteiger partial charge >= 0.3 is 0 Å². The van der Waals surface area contributed by atoms with Crippen LogP contribution < -0.4 is 4.74 Å². The molecular formula is C7H4Cl4O2. The summed E-state index contributed by atoms with van der Waals surface area (Å²) < 4.78 is 4.78. The molecule has 0 bridgehead atoms. The van der Waals surface area contributed by atoms with E-state index in [0.29, 0.717) is 0 Å². The van der Waals surface area contributed by atoms with Crippen LogP contribution in [0.5, 0.6) is 11.5 Å². The maximum absolute atomic E-state index is 9.40. The predicted molar refractivity (Wildman–Crippen MR) is 54.7 cm³/mol. The molecule has 0 aliphatic carbocycles. The third-order valence-corrected chi connectivity index (χ3v) is 3.18. The molecule has 0 aromatic heterocycles. The summed E-state index contributed by atoms with van der Waals surface area (Å²) in [4.78, 5) is 0. The van der Waals surface area contributed by atoms with E-state index in [-0.39, 0.29) is 31.6 Å². The minimum atomic E-state index is -0.316. The highest BCUT2D eigenvalue weighted by molar-refractivity contribution is 6.52. The summed E-state index contributed by atoms with van der Waals surface area (Å²) in [6, 6.07) is 0. The maximum Gasteiger partial charge on any atom is 0.182 e. The molecule has 0 fully saturated rings. The van der Waals surface area contributed by atoms with Crippen molar-refractivity contribution in [1.29, 1.82) is 0 Å². The van der Waals surface area contributed by atoms with Crippen molar-refractivity contribution in [2.24, 2.45) is 0 Å². The van der Waals surface area contributed by atoms with E-state index in [0.717, 1.165) is 0 Å². The minimum absolute atomic E-state index is 0.00614. The fraction of sp³-hybridized carbons (Fsp3) is 0.143. The first-order valence-corrected chi connectivity index (χ1v) is 4.60. The van der Waals surface area contributed by atoms with Crippen molar-refractivity contribution >= 4 is 46.4 Å². The zero-order chi connectivity index (χ0) is 10.2. The van der Waals surface area contributed by atoms with Crippen molar-refractivity contribution in [3.05, 3.63) is 20.1 Å². The monoisotopic (exact) mass is 260 g/mol. The van der Waals surface area contributed by atoms with Crippen molar-refractivity contribution in [2.45, 2.75) is 0 Å². The normalized spacial score (nSPS) is 10.2. The maximum atomic E-state index is 9.40. The van der Waals surface area contributed by atoms with Gasteiger partial charge in [0.1, 0.15) is 10.0 Å². The lowest BCUT2D eigenvalue weighted by Crippen LogP contribution is -1.87. The molecule has 2 nitrogen and oxygen atoms in total. The minimum Gasteiger partial charge on any atom is -0.503 e. The molecule has 1 N–H and O–H groups in total. The quantitative estimate of drug-likeness (QED) is 0.611. The van der Waals surface area contributed by atoms with Gasteiger partial charge in [-0.2, -0.15) is 0 Å². The van der Waals surface area contributed by atoms with Crippen LogP contribution in [-0.2, 0) is 0 Å². The molecule has 1 rings (SSSR count). The summed E-state index contributed by atoms with van der Waals surface area (Å²) in [6.45, 7) is 0. The van der Waals surface area contributed by atoms with Crippen LogP contribution in [0.3, 0.4) is 0 Å². The average Bonchev–Trinajstić information content (AvgIpc) is 2.13. The van der Waals surface area contributed by atoms with Crippen molar-refractivity contribution in [3.8, 4) is 11.5 Å². The summed E-state index contributed by atoms with van der Waals surface area (Å²) in [6.07, 6.45) is 0. The summed E-state index contributed by atoms with van der Waals surface area (Å²) in [5.41, 5.74) is 0. The van der Waals surface area contributed by atoms with Gasteiger partial charge in [-0.15, -0.1) is 0 Å². The summed E-state index contributed by atoms with van der Waals surface area (Å²) in [5, 5.41) is 9.43. The van der Waals surface area contributed by atoms with Crippen LogP contribution in [0.15, 0.2) is 0 Å². The van der Waals surface area contributed by atoms with Gasteiger partial charge < -0.3 is 9.84 Å². The Kier molecular flexibility index (Phi) is 3.41. The van der Waals surface area contributed by atoms with Gasteiger partial charge in [-0.3, -0.25) is 0 Å². The Balaban J connectivity index is 3.56. The lowest BCUT2D eigenvalue weighted by molar-refractivity contribution is 0.374. The summed E-state index contributed by atoms with van der Waals surface area (Å²) >= 11 is 22.7. The number of phenolic OH excluding ortho intramolecular Hbond substituents is 1. The zero-order valence-electron chi connectivity index (χ0n) is 6.37. The second-order valence-corrected chi connectivity index (χ2v) is 3.65. The molecule has 0 aliphatic rings. The first kappa shape index (κ1) is 11.1. The number of ether oxygens (including phenoxy) is 1. The van der Waals surface area contributed by atoms with Crippen LogP contribution in [0.1, 0.15) is 0 Å². The zero-order valence-corrected chi connectivity index (χ0v) is 9.39. The van der Waals surface area contributed by atoms with E-state index in [9.17, 15) is 5.11 Å². The molecule has 0 aliphatic heterocycles. The van der Waals surface area contributed by atoms with E-state index in [1.54, 1.807) is 0 Å². The molecule has 0 saturated carbocycles. The fourth-order valence-electron chi connectivity index (χ4n) is 0.786. The number of phenols is 1. The third-order valence-electron chi connectivity index (χ3n) is 1.40. The molecule has 0 amide bonds. The lowest BCUT2D eigenvalue weighted by Gasteiger charge is -2.10. The lowest BCUT2D eigenvalue weighted by atomic mass is 10.3. The van der Waals surface area contributed by atoms with Crippen LogP contribution in [0.2, 0.25) is 20.1 Å². The molecule has 6 heteroatoms. The highest BCUT2D eigenvalue weighted by Gasteiger charge is 2.20. The van der Waals surface area contributed by atoms with Crippen molar-refractivity contribution < 1.29 is 9.84 Å². The Bertz CT molecular complexity index is 322. The van der Waals surface area contributed by atoms with Crippen LogP contribution in [0.25, 0.3) is 0 Å². The highest BCUT2D eigenvalue weighted by atomic mass is 35.5. The Hall–Kier alpha value is -0.0200. The van der Waals surface area contributed by atoms with E-state index < -0.39 is 0 Å². The van der Waals surface area contributed by atoms with Gasteiger partial charge in [0.2, 0.25) is 0 Å². The van der Waals surface area contributed by atoms with Gasteiger partial charge in [0.15, 0.2) is 11.5 Å². The fourth-order valence-corrected chi connectivity index (χ4v) is 1.69.